The van der Waals surface area contributed by atoms with E-state index in [0.717, 1.165) is 10.6 Å². The highest BCUT2D eigenvalue weighted by molar-refractivity contribution is 8.04. The normalized spacial score (nSPS) is 32.8. The average molecular weight is 197 g/mol. The second kappa shape index (κ2) is 2.62. The highest BCUT2D eigenvalue weighted by atomic mass is 32.2. The molecule has 0 spiro atoms. The predicted octanol–water partition coefficient (Wildman–Crippen LogP) is 1.07. The molecule has 0 radical (unpaired) electrons. The van der Waals surface area contributed by atoms with Crippen LogP contribution in [0.4, 0.5) is 0 Å². The first-order valence-corrected chi connectivity index (χ1v) is 4.91. The summed E-state index contributed by atoms with van der Waals surface area (Å²) in [7, 11) is 1.76. The van der Waals surface area contributed by atoms with E-state index in [-0.39, 0.29) is 5.91 Å². The Morgan fingerprint density at radius 2 is 2.38 bits per heavy atom. The molecule has 1 unspecified atom stereocenters. The van der Waals surface area contributed by atoms with Gasteiger partial charge in [0.2, 0.25) is 5.91 Å². The molecule has 2 rings (SSSR count). The number of amides is 1. The first kappa shape index (κ1) is 8.84. The summed E-state index contributed by atoms with van der Waals surface area (Å²) < 4.78 is 0. The minimum absolute atomic E-state index is 0.0971. The topological polar surface area (TPSA) is 40.5 Å². The van der Waals surface area contributed by atoms with Gasteiger partial charge in [0.15, 0.2) is 0 Å². The molecule has 2 aliphatic heterocycles. The van der Waals surface area contributed by atoms with Crippen LogP contribution in [0.2, 0.25) is 0 Å². The summed E-state index contributed by atoms with van der Waals surface area (Å²) in [6.45, 7) is 1.72. The average Bonchev–Trinajstić information content (AvgIpc) is 2.25. The number of hydrogen-bond donors (Lipinski definition) is 1. The van der Waals surface area contributed by atoms with E-state index in [0.29, 0.717) is 6.42 Å². The first-order chi connectivity index (χ1) is 5.99. The quantitative estimate of drug-likeness (QED) is 0.631. The zero-order valence-corrected chi connectivity index (χ0v) is 8.39. The summed E-state index contributed by atoms with van der Waals surface area (Å²) in [5, 5.41) is 9.71. The van der Waals surface area contributed by atoms with E-state index in [2.05, 4.69) is 0 Å². The van der Waals surface area contributed by atoms with Crippen LogP contribution in [-0.2, 0) is 4.79 Å². The Labute approximate surface area is 81.1 Å². The smallest absolute Gasteiger partial charge is 0.231 e. The maximum Gasteiger partial charge on any atom is 0.231 e. The Kier molecular flexibility index (Phi) is 1.78. The molecule has 70 valence electrons. The molecule has 1 amide bonds. The Morgan fingerprint density at radius 3 is 3.08 bits per heavy atom. The summed E-state index contributed by atoms with van der Waals surface area (Å²) in [5.41, 5.74) is 0.932. The van der Waals surface area contributed by atoms with Crippen molar-refractivity contribution in [3.63, 3.8) is 0 Å². The molecule has 4 heteroatoms. The Hall–Kier alpha value is -0.740. The molecule has 0 bridgehead atoms. The van der Waals surface area contributed by atoms with Crippen molar-refractivity contribution in [2.24, 2.45) is 0 Å². The molecule has 1 atom stereocenters. The molecule has 0 aliphatic carbocycles. The van der Waals surface area contributed by atoms with E-state index in [4.69, 9.17) is 0 Å². The highest BCUT2D eigenvalue weighted by Crippen LogP contribution is 2.43. The van der Waals surface area contributed by atoms with E-state index in [1.54, 1.807) is 24.9 Å². The number of thioether (sulfide) groups is 1. The zero-order chi connectivity index (χ0) is 9.64. The van der Waals surface area contributed by atoms with Gasteiger partial charge in [-0.25, -0.2) is 0 Å². The second-order valence-electron chi connectivity index (χ2n) is 3.43. The number of likely N-dealkylation sites (N-methyl/N-ethyl adjacent to an activating group) is 1. The van der Waals surface area contributed by atoms with Crippen molar-refractivity contribution < 1.29 is 9.90 Å². The monoisotopic (exact) mass is 197 g/mol. The van der Waals surface area contributed by atoms with Crippen LogP contribution in [0.1, 0.15) is 13.3 Å². The molecule has 0 fully saturated rings. The number of aliphatic hydroxyl groups is 1. The maximum atomic E-state index is 11.3. The Balaban J connectivity index is 2.32. The van der Waals surface area contributed by atoms with Crippen LogP contribution in [0.5, 0.6) is 0 Å². The maximum absolute atomic E-state index is 11.3. The van der Waals surface area contributed by atoms with Gasteiger partial charge in [-0.05, 0) is 19.1 Å². The third-order valence-electron chi connectivity index (χ3n) is 2.21. The second-order valence-corrected chi connectivity index (χ2v) is 4.95. The Bertz CT molecular complexity index is 331. The number of nitrogens with zero attached hydrogens (tertiary/aromatic N) is 1. The molecule has 0 aromatic rings. The number of hydrogen-bond acceptors (Lipinski definition) is 3. The Morgan fingerprint density at radius 1 is 1.69 bits per heavy atom. The van der Waals surface area contributed by atoms with Gasteiger partial charge >= 0.3 is 0 Å². The number of allylic oxidation sites excluding steroid dienone is 1. The van der Waals surface area contributed by atoms with Crippen molar-refractivity contribution in [1.29, 1.82) is 0 Å². The fraction of sp³-hybridized carbons (Fsp3) is 0.444. The standard InChI is InChI=1S/C9H11NO2S/c1-9(12)4-3-6-7(13-9)5-8(11)10(6)2/h3-4,12H,5H2,1-2H3. The molecule has 0 saturated carbocycles. The van der Waals surface area contributed by atoms with Crippen molar-refractivity contribution >= 4 is 17.7 Å². The lowest BCUT2D eigenvalue weighted by Crippen LogP contribution is -2.21. The van der Waals surface area contributed by atoms with Crippen LogP contribution in [0.25, 0.3) is 0 Å². The minimum atomic E-state index is -0.857. The molecule has 0 aromatic carbocycles. The van der Waals surface area contributed by atoms with Gasteiger partial charge in [0.05, 0.1) is 12.1 Å². The van der Waals surface area contributed by atoms with Crippen LogP contribution in [-0.4, -0.2) is 27.9 Å². The van der Waals surface area contributed by atoms with Crippen molar-refractivity contribution in [2.75, 3.05) is 7.05 Å². The fourth-order valence-electron chi connectivity index (χ4n) is 1.48. The van der Waals surface area contributed by atoms with E-state index < -0.39 is 4.93 Å². The van der Waals surface area contributed by atoms with Gasteiger partial charge in [0.1, 0.15) is 4.93 Å². The lowest BCUT2D eigenvalue weighted by molar-refractivity contribution is -0.125. The molecule has 0 saturated heterocycles. The van der Waals surface area contributed by atoms with Crippen LogP contribution in [0.3, 0.4) is 0 Å². The summed E-state index contributed by atoms with van der Waals surface area (Å²) in [6.07, 6.45) is 3.96. The predicted molar refractivity (Wildman–Crippen MR) is 51.8 cm³/mol. The van der Waals surface area contributed by atoms with Gasteiger partial charge in [0, 0.05) is 12.0 Å². The minimum Gasteiger partial charge on any atom is -0.376 e. The molecule has 2 aliphatic rings. The third kappa shape index (κ3) is 1.40. The van der Waals surface area contributed by atoms with Crippen LogP contribution >= 0.6 is 11.8 Å². The van der Waals surface area contributed by atoms with Crippen molar-refractivity contribution in [2.45, 2.75) is 18.3 Å². The van der Waals surface area contributed by atoms with Crippen molar-refractivity contribution in [3.8, 4) is 0 Å². The van der Waals surface area contributed by atoms with Crippen LogP contribution in [0, 0.1) is 0 Å². The van der Waals surface area contributed by atoms with E-state index in [1.165, 1.54) is 11.8 Å². The molecular formula is C9H11NO2S. The number of carbonyl (C=O) groups is 1. The summed E-state index contributed by atoms with van der Waals surface area (Å²) >= 11 is 1.35. The zero-order valence-electron chi connectivity index (χ0n) is 7.57. The molecule has 2 heterocycles. The molecular weight excluding hydrogens is 186 g/mol. The number of rotatable bonds is 0. The lowest BCUT2D eigenvalue weighted by atomic mass is 10.3. The molecule has 13 heavy (non-hydrogen) atoms. The van der Waals surface area contributed by atoms with E-state index in [1.807, 2.05) is 6.08 Å². The summed E-state index contributed by atoms with van der Waals surface area (Å²) in [5.74, 6) is 0.0971. The lowest BCUT2D eigenvalue weighted by Gasteiger charge is -2.23. The molecule has 3 nitrogen and oxygen atoms in total. The van der Waals surface area contributed by atoms with Gasteiger partial charge in [-0.15, -0.1) is 0 Å². The van der Waals surface area contributed by atoms with Crippen LogP contribution < -0.4 is 0 Å². The van der Waals surface area contributed by atoms with Crippen molar-refractivity contribution in [1.82, 2.24) is 4.90 Å². The van der Waals surface area contributed by atoms with Gasteiger partial charge < -0.3 is 10.0 Å². The largest absolute Gasteiger partial charge is 0.376 e. The van der Waals surface area contributed by atoms with Gasteiger partial charge in [-0.1, -0.05) is 11.8 Å². The van der Waals surface area contributed by atoms with Gasteiger partial charge in [-0.3, -0.25) is 4.79 Å². The van der Waals surface area contributed by atoms with Crippen LogP contribution in [0.15, 0.2) is 22.8 Å². The van der Waals surface area contributed by atoms with Gasteiger partial charge in [-0.2, -0.15) is 0 Å². The highest BCUT2D eigenvalue weighted by Gasteiger charge is 2.33. The van der Waals surface area contributed by atoms with Crippen molar-refractivity contribution in [3.05, 3.63) is 22.8 Å². The van der Waals surface area contributed by atoms with E-state index in [9.17, 15) is 9.90 Å². The first-order valence-electron chi connectivity index (χ1n) is 4.10. The summed E-state index contributed by atoms with van der Waals surface area (Å²) in [6, 6.07) is 0. The SMILES string of the molecule is CN1C(=O)CC2=C1C=CC(C)(O)S2. The van der Waals surface area contributed by atoms with E-state index >= 15 is 0 Å². The molecule has 0 aromatic heterocycles. The summed E-state index contributed by atoms with van der Waals surface area (Å²) in [4.78, 5) is 13.1. The van der Waals surface area contributed by atoms with Gasteiger partial charge in [0.25, 0.3) is 0 Å². The molecule has 1 N–H and O–H groups in total. The fourth-order valence-corrected chi connectivity index (χ4v) is 2.62. The third-order valence-corrected chi connectivity index (χ3v) is 3.36. The number of carbonyl (C=O) groups excluding carboxylic acids is 1.